The van der Waals surface area contributed by atoms with Crippen LogP contribution in [-0.2, 0) is 9.68 Å². The molecule has 0 spiro atoms. The summed E-state index contributed by atoms with van der Waals surface area (Å²) in [6.45, 7) is 22.8. The van der Waals surface area contributed by atoms with Gasteiger partial charge in [-0.2, -0.15) is 10.1 Å². The highest BCUT2D eigenvalue weighted by molar-refractivity contribution is 4.96. The highest BCUT2D eigenvalue weighted by atomic mass is 16.7. The van der Waals surface area contributed by atoms with Crippen LogP contribution in [0.15, 0.2) is 0 Å². The summed E-state index contributed by atoms with van der Waals surface area (Å²) in [7, 11) is 0. The van der Waals surface area contributed by atoms with E-state index in [1.54, 1.807) is 0 Å². The molecule has 0 aromatic rings. The van der Waals surface area contributed by atoms with E-state index in [2.05, 4.69) is 79.4 Å². The van der Waals surface area contributed by atoms with E-state index in [0.717, 1.165) is 19.3 Å². The van der Waals surface area contributed by atoms with Gasteiger partial charge in [-0.15, -0.1) is 0 Å². The highest BCUT2D eigenvalue weighted by Crippen LogP contribution is 2.38. The molecule has 0 aromatic carbocycles. The summed E-state index contributed by atoms with van der Waals surface area (Å²) in [5.74, 6) is 0. The largest absolute Gasteiger partial charge is 0.393 e. The number of rotatable bonds is 6. The van der Waals surface area contributed by atoms with Crippen molar-refractivity contribution in [1.82, 2.24) is 10.1 Å². The molecule has 150 valence electrons. The third-order valence-electron chi connectivity index (χ3n) is 4.52. The lowest BCUT2D eigenvalue weighted by Gasteiger charge is -2.52. The fraction of sp³-hybridized carbons (Fsp3) is 1.00. The Morgan fingerprint density at radius 2 is 1.36 bits per heavy atom. The van der Waals surface area contributed by atoms with Gasteiger partial charge >= 0.3 is 0 Å². The van der Waals surface area contributed by atoms with Gasteiger partial charge in [-0.1, -0.05) is 0 Å². The first-order valence-corrected chi connectivity index (χ1v) is 9.62. The SMILES string of the molecule is CC(C)(C)N(OCCCON1C(C)(C)CC(O)CC1(C)C)C(C)(C)C. The third kappa shape index (κ3) is 6.47. The lowest BCUT2D eigenvalue weighted by Crippen LogP contribution is -2.61. The van der Waals surface area contributed by atoms with Crippen LogP contribution in [0.2, 0.25) is 0 Å². The van der Waals surface area contributed by atoms with Crippen molar-refractivity contribution in [2.24, 2.45) is 0 Å². The molecule has 1 rings (SSSR count). The van der Waals surface area contributed by atoms with E-state index >= 15 is 0 Å². The van der Waals surface area contributed by atoms with Crippen LogP contribution in [0.5, 0.6) is 0 Å². The van der Waals surface area contributed by atoms with E-state index in [-0.39, 0.29) is 28.3 Å². The first-order chi connectivity index (χ1) is 11.1. The molecule has 0 aromatic heterocycles. The van der Waals surface area contributed by atoms with Crippen molar-refractivity contribution < 1.29 is 14.8 Å². The van der Waals surface area contributed by atoms with Crippen molar-refractivity contribution in [1.29, 1.82) is 0 Å². The van der Waals surface area contributed by atoms with Gasteiger partial charge < -0.3 is 5.11 Å². The minimum absolute atomic E-state index is 0.0495. The summed E-state index contributed by atoms with van der Waals surface area (Å²) < 4.78 is 0. The van der Waals surface area contributed by atoms with Gasteiger partial charge in [0.25, 0.3) is 0 Å². The molecule has 1 aliphatic rings. The second-order valence-electron chi connectivity index (χ2n) is 10.6. The normalized spacial score (nSPS) is 22.6. The van der Waals surface area contributed by atoms with E-state index in [1.807, 2.05) is 0 Å². The Bertz CT molecular complexity index is 390. The molecule has 5 nitrogen and oxygen atoms in total. The van der Waals surface area contributed by atoms with Crippen LogP contribution < -0.4 is 0 Å². The molecule has 0 bridgehead atoms. The zero-order valence-electron chi connectivity index (χ0n) is 18.3. The van der Waals surface area contributed by atoms with E-state index in [4.69, 9.17) is 9.68 Å². The molecule has 1 aliphatic heterocycles. The number of piperidine rings is 1. The zero-order chi connectivity index (χ0) is 19.7. The Labute approximate surface area is 155 Å². The van der Waals surface area contributed by atoms with Gasteiger partial charge in [0.15, 0.2) is 0 Å². The predicted molar refractivity (Wildman–Crippen MR) is 103 cm³/mol. The minimum atomic E-state index is -0.264. The number of hydrogen-bond donors (Lipinski definition) is 1. The molecule has 1 heterocycles. The number of aliphatic hydroxyl groups is 1. The van der Waals surface area contributed by atoms with Gasteiger partial charge in [0.1, 0.15) is 0 Å². The Kier molecular flexibility index (Phi) is 7.14. The zero-order valence-corrected chi connectivity index (χ0v) is 18.3. The van der Waals surface area contributed by atoms with Gasteiger partial charge in [0, 0.05) is 22.2 Å². The van der Waals surface area contributed by atoms with Crippen molar-refractivity contribution in [2.75, 3.05) is 13.2 Å². The Hall–Kier alpha value is -0.200. The Balaban J connectivity index is 2.52. The van der Waals surface area contributed by atoms with Crippen LogP contribution in [-0.4, -0.2) is 56.7 Å². The van der Waals surface area contributed by atoms with Crippen molar-refractivity contribution in [3.8, 4) is 0 Å². The van der Waals surface area contributed by atoms with Crippen molar-refractivity contribution in [3.63, 3.8) is 0 Å². The molecular weight excluding hydrogens is 316 g/mol. The first kappa shape index (κ1) is 22.8. The maximum atomic E-state index is 10.1. The molecular formula is C20H42N2O3. The van der Waals surface area contributed by atoms with Crippen LogP contribution >= 0.6 is 0 Å². The summed E-state index contributed by atoms with van der Waals surface area (Å²) in [4.78, 5) is 12.2. The first-order valence-electron chi connectivity index (χ1n) is 9.62. The maximum Gasteiger partial charge on any atom is 0.0708 e. The summed E-state index contributed by atoms with van der Waals surface area (Å²) in [5, 5.41) is 14.3. The summed E-state index contributed by atoms with van der Waals surface area (Å²) in [6.07, 6.45) is 2.03. The molecule has 0 aliphatic carbocycles. The van der Waals surface area contributed by atoms with Gasteiger partial charge in [-0.25, -0.2) is 0 Å². The average molecular weight is 359 g/mol. The van der Waals surface area contributed by atoms with Gasteiger partial charge in [0.2, 0.25) is 0 Å². The van der Waals surface area contributed by atoms with Crippen molar-refractivity contribution in [2.45, 2.75) is 117 Å². The van der Waals surface area contributed by atoms with Crippen LogP contribution in [0.1, 0.15) is 88.5 Å². The number of aliphatic hydroxyl groups excluding tert-OH is 1. The third-order valence-corrected chi connectivity index (χ3v) is 4.52. The van der Waals surface area contributed by atoms with Gasteiger partial charge in [-0.05, 0) is 88.5 Å². The molecule has 1 saturated heterocycles. The number of nitrogens with zero attached hydrogens (tertiary/aromatic N) is 2. The molecule has 5 heteroatoms. The summed E-state index contributed by atoms with van der Waals surface area (Å²) in [6, 6.07) is 0. The van der Waals surface area contributed by atoms with Gasteiger partial charge in [0.05, 0.1) is 19.3 Å². The lowest BCUT2D eigenvalue weighted by atomic mass is 9.80. The maximum absolute atomic E-state index is 10.1. The fourth-order valence-corrected chi connectivity index (χ4v) is 4.32. The van der Waals surface area contributed by atoms with E-state index in [1.165, 1.54) is 0 Å². The van der Waals surface area contributed by atoms with Crippen LogP contribution in [0.4, 0.5) is 0 Å². The van der Waals surface area contributed by atoms with E-state index in [9.17, 15) is 5.11 Å². The molecule has 0 saturated carbocycles. The Morgan fingerprint density at radius 1 is 0.920 bits per heavy atom. The fourth-order valence-electron chi connectivity index (χ4n) is 4.32. The van der Waals surface area contributed by atoms with Crippen molar-refractivity contribution >= 4 is 0 Å². The van der Waals surface area contributed by atoms with Crippen molar-refractivity contribution in [3.05, 3.63) is 0 Å². The summed E-state index contributed by atoms with van der Waals surface area (Å²) >= 11 is 0. The molecule has 25 heavy (non-hydrogen) atoms. The van der Waals surface area contributed by atoms with E-state index < -0.39 is 0 Å². The van der Waals surface area contributed by atoms with E-state index in [0.29, 0.717) is 13.2 Å². The summed E-state index contributed by atoms with van der Waals surface area (Å²) in [5.41, 5.74) is -0.450. The van der Waals surface area contributed by atoms with Crippen LogP contribution in [0, 0.1) is 0 Å². The molecule has 0 amide bonds. The second-order valence-corrected chi connectivity index (χ2v) is 10.6. The molecule has 1 N–H and O–H groups in total. The monoisotopic (exact) mass is 358 g/mol. The van der Waals surface area contributed by atoms with Crippen LogP contribution in [0.25, 0.3) is 0 Å². The lowest BCUT2D eigenvalue weighted by molar-refractivity contribution is -0.298. The quantitative estimate of drug-likeness (QED) is 0.571. The second kappa shape index (κ2) is 7.81. The standard InChI is InChI=1S/C20H42N2O3/c1-17(2,3)21(18(4,5)6)24-12-11-13-25-22-19(7,8)14-16(23)15-20(22,9)10/h16,23H,11-15H2,1-10H3. The van der Waals surface area contributed by atoms with Gasteiger partial charge in [-0.3, -0.25) is 9.68 Å². The topological polar surface area (TPSA) is 45.2 Å². The molecule has 1 fully saturated rings. The predicted octanol–water partition coefficient (Wildman–Crippen LogP) is 4.15. The minimum Gasteiger partial charge on any atom is -0.393 e. The molecule has 0 radical (unpaired) electrons. The average Bonchev–Trinajstić information content (AvgIpc) is 2.30. The smallest absolute Gasteiger partial charge is 0.0708 e. The Morgan fingerprint density at radius 3 is 1.76 bits per heavy atom. The molecule has 0 unspecified atom stereocenters. The van der Waals surface area contributed by atoms with Crippen LogP contribution in [0.3, 0.4) is 0 Å². The highest BCUT2D eigenvalue weighted by Gasteiger charge is 2.46. The number of hydrogen-bond acceptors (Lipinski definition) is 5. The molecule has 0 atom stereocenters. The number of hydroxylamine groups is 4.